The van der Waals surface area contributed by atoms with E-state index in [9.17, 15) is 0 Å². The van der Waals surface area contributed by atoms with Crippen LogP contribution in [0.2, 0.25) is 0 Å². The van der Waals surface area contributed by atoms with Gasteiger partial charge in [0.15, 0.2) is 11.5 Å². The quantitative estimate of drug-likeness (QED) is 0.701. The average Bonchev–Trinajstić information content (AvgIpc) is 2.42. The summed E-state index contributed by atoms with van der Waals surface area (Å²) in [6, 6.07) is 6.05. The summed E-state index contributed by atoms with van der Waals surface area (Å²) in [7, 11) is 3.32. The first-order chi connectivity index (χ1) is 8.81. The Balaban J connectivity index is 0.00000324. The van der Waals surface area contributed by atoms with Gasteiger partial charge in [0.05, 0.1) is 14.2 Å². The molecule has 0 saturated carbocycles. The van der Waals surface area contributed by atoms with Crippen LogP contribution in [-0.4, -0.2) is 20.8 Å². The lowest BCUT2D eigenvalue weighted by Crippen LogP contribution is -2.14. The maximum absolute atomic E-state index is 5.28. The first-order valence-corrected chi connectivity index (χ1v) is 6.73. The molecule has 1 N–H and O–H groups in total. The third kappa shape index (κ3) is 6.69. The molecule has 0 atom stereocenters. The Hall–Kier alpha value is -0.930. The number of benzene rings is 1. The van der Waals surface area contributed by atoms with Crippen molar-refractivity contribution in [3.05, 3.63) is 23.8 Å². The zero-order valence-electron chi connectivity index (χ0n) is 12.2. The van der Waals surface area contributed by atoms with Crippen LogP contribution >= 0.6 is 12.4 Å². The molecule has 0 aliphatic heterocycles. The van der Waals surface area contributed by atoms with Crippen molar-refractivity contribution in [2.24, 2.45) is 0 Å². The van der Waals surface area contributed by atoms with Gasteiger partial charge in [0.2, 0.25) is 0 Å². The molecule has 0 bridgehead atoms. The highest BCUT2D eigenvalue weighted by molar-refractivity contribution is 5.85. The van der Waals surface area contributed by atoms with E-state index in [1.54, 1.807) is 14.2 Å². The Morgan fingerprint density at radius 3 is 2.37 bits per heavy atom. The SMILES string of the molecule is CCCCCCNCc1ccc(OC)c(OC)c1.Cl. The second-order valence-electron chi connectivity index (χ2n) is 4.43. The summed E-state index contributed by atoms with van der Waals surface area (Å²) < 4.78 is 10.5. The van der Waals surface area contributed by atoms with Crippen LogP contribution in [0.25, 0.3) is 0 Å². The molecule has 0 unspecified atom stereocenters. The minimum absolute atomic E-state index is 0. The van der Waals surface area contributed by atoms with Crippen LogP contribution in [0, 0.1) is 0 Å². The van der Waals surface area contributed by atoms with Crippen LogP contribution in [0.3, 0.4) is 0 Å². The number of halogens is 1. The van der Waals surface area contributed by atoms with Gasteiger partial charge in [0.25, 0.3) is 0 Å². The smallest absolute Gasteiger partial charge is 0.161 e. The first-order valence-electron chi connectivity index (χ1n) is 6.73. The van der Waals surface area contributed by atoms with Crippen molar-refractivity contribution in [1.29, 1.82) is 0 Å². The van der Waals surface area contributed by atoms with Gasteiger partial charge >= 0.3 is 0 Å². The Morgan fingerprint density at radius 1 is 1.00 bits per heavy atom. The third-order valence-electron chi connectivity index (χ3n) is 2.98. The molecule has 1 rings (SSSR count). The molecule has 110 valence electrons. The van der Waals surface area contributed by atoms with E-state index in [4.69, 9.17) is 9.47 Å². The summed E-state index contributed by atoms with van der Waals surface area (Å²) in [5.41, 5.74) is 1.23. The number of methoxy groups -OCH3 is 2. The van der Waals surface area contributed by atoms with Gasteiger partial charge in [0, 0.05) is 6.54 Å². The molecule has 0 heterocycles. The molecular weight excluding hydrogens is 262 g/mol. The van der Waals surface area contributed by atoms with Crippen molar-refractivity contribution in [3.8, 4) is 11.5 Å². The molecule has 3 nitrogen and oxygen atoms in total. The van der Waals surface area contributed by atoms with Crippen molar-refractivity contribution >= 4 is 12.4 Å². The van der Waals surface area contributed by atoms with Crippen LogP contribution in [0.1, 0.15) is 38.2 Å². The van der Waals surface area contributed by atoms with Crippen LogP contribution < -0.4 is 14.8 Å². The molecule has 0 aliphatic carbocycles. The number of ether oxygens (including phenoxy) is 2. The van der Waals surface area contributed by atoms with Crippen LogP contribution in [-0.2, 0) is 6.54 Å². The van der Waals surface area contributed by atoms with Gasteiger partial charge in [-0.15, -0.1) is 12.4 Å². The predicted molar refractivity (Wildman–Crippen MR) is 82.6 cm³/mol. The molecule has 0 saturated heterocycles. The van der Waals surface area contributed by atoms with Gasteiger partial charge in [-0.1, -0.05) is 32.3 Å². The number of unbranched alkanes of at least 4 members (excludes halogenated alkanes) is 3. The zero-order chi connectivity index (χ0) is 13.2. The highest BCUT2D eigenvalue weighted by atomic mass is 35.5. The van der Waals surface area contributed by atoms with E-state index in [-0.39, 0.29) is 12.4 Å². The van der Waals surface area contributed by atoms with E-state index in [0.29, 0.717) is 0 Å². The molecule has 4 heteroatoms. The Morgan fingerprint density at radius 2 is 1.74 bits per heavy atom. The molecule has 0 amide bonds. The summed E-state index contributed by atoms with van der Waals surface area (Å²) in [5.74, 6) is 1.58. The van der Waals surface area contributed by atoms with Gasteiger partial charge in [-0.05, 0) is 30.7 Å². The lowest BCUT2D eigenvalue weighted by molar-refractivity contribution is 0.354. The zero-order valence-corrected chi connectivity index (χ0v) is 13.0. The van der Waals surface area contributed by atoms with Crippen molar-refractivity contribution in [2.75, 3.05) is 20.8 Å². The minimum atomic E-state index is 0. The molecule has 0 spiro atoms. The van der Waals surface area contributed by atoms with Crippen molar-refractivity contribution in [1.82, 2.24) is 5.32 Å². The number of hydrogen-bond acceptors (Lipinski definition) is 3. The van der Waals surface area contributed by atoms with E-state index in [0.717, 1.165) is 24.6 Å². The summed E-state index contributed by atoms with van der Waals surface area (Å²) in [6.07, 6.45) is 5.18. The minimum Gasteiger partial charge on any atom is -0.493 e. The van der Waals surface area contributed by atoms with Crippen molar-refractivity contribution < 1.29 is 9.47 Å². The number of rotatable bonds is 9. The largest absolute Gasteiger partial charge is 0.493 e. The normalized spacial score (nSPS) is 9.84. The van der Waals surface area contributed by atoms with Gasteiger partial charge in [-0.25, -0.2) is 0 Å². The maximum Gasteiger partial charge on any atom is 0.161 e. The fourth-order valence-corrected chi connectivity index (χ4v) is 1.90. The molecule has 0 aromatic heterocycles. The van der Waals surface area contributed by atoms with Crippen molar-refractivity contribution in [2.45, 2.75) is 39.2 Å². The Labute approximate surface area is 123 Å². The van der Waals surface area contributed by atoms with E-state index in [2.05, 4.69) is 18.3 Å². The summed E-state index contributed by atoms with van der Waals surface area (Å²) in [4.78, 5) is 0. The Kier molecular flexibility index (Phi) is 10.4. The molecule has 1 aromatic rings. The van der Waals surface area contributed by atoms with E-state index in [1.807, 2.05) is 12.1 Å². The highest BCUT2D eigenvalue weighted by Crippen LogP contribution is 2.27. The second kappa shape index (κ2) is 10.9. The fourth-order valence-electron chi connectivity index (χ4n) is 1.90. The maximum atomic E-state index is 5.28. The van der Waals surface area contributed by atoms with E-state index >= 15 is 0 Å². The highest BCUT2D eigenvalue weighted by Gasteiger charge is 2.03. The van der Waals surface area contributed by atoms with Crippen molar-refractivity contribution in [3.63, 3.8) is 0 Å². The molecular formula is C15H26ClNO2. The molecule has 0 fully saturated rings. The lowest BCUT2D eigenvalue weighted by Gasteiger charge is -2.10. The van der Waals surface area contributed by atoms with Gasteiger partial charge in [-0.2, -0.15) is 0 Å². The second-order valence-corrected chi connectivity index (χ2v) is 4.43. The van der Waals surface area contributed by atoms with Gasteiger partial charge in [-0.3, -0.25) is 0 Å². The van der Waals surface area contributed by atoms with Crippen LogP contribution in [0.5, 0.6) is 11.5 Å². The van der Waals surface area contributed by atoms with E-state index in [1.165, 1.54) is 31.2 Å². The standard InChI is InChI=1S/C15H25NO2.ClH/c1-4-5-6-7-10-16-12-13-8-9-14(17-2)15(11-13)18-3;/h8-9,11,16H,4-7,10,12H2,1-3H3;1H. The van der Waals surface area contributed by atoms with Gasteiger partial charge < -0.3 is 14.8 Å². The van der Waals surface area contributed by atoms with Crippen LogP contribution in [0.15, 0.2) is 18.2 Å². The number of hydrogen-bond donors (Lipinski definition) is 1. The third-order valence-corrected chi connectivity index (χ3v) is 2.98. The fraction of sp³-hybridized carbons (Fsp3) is 0.600. The Bertz CT molecular complexity index is 345. The number of nitrogens with one attached hydrogen (secondary N) is 1. The topological polar surface area (TPSA) is 30.5 Å². The summed E-state index contributed by atoms with van der Waals surface area (Å²) >= 11 is 0. The molecule has 0 aliphatic rings. The summed E-state index contributed by atoms with van der Waals surface area (Å²) in [5, 5.41) is 3.45. The molecule has 19 heavy (non-hydrogen) atoms. The monoisotopic (exact) mass is 287 g/mol. The molecule has 1 aromatic carbocycles. The first kappa shape index (κ1) is 18.1. The predicted octanol–water partition coefficient (Wildman–Crippen LogP) is 3.80. The molecule has 0 radical (unpaired) electrons. The van der Waals surface area contributed by atoms with E-state index < -0.39 is 0 Å². The average molecular weight is 288 g/mol. The summed E-state index contributed by atoms with van der Waals surface area (Å²) in [6.45, 7) is 4.19. The lowest BCUT2D eigenvalue weighted by atomic mass is 10.2. The van der Waals surface area contributed by atoms with Gasteiger partial charge in [0.1, 0.15) is 0 Å². The van der Waals surface area contributed by atoms with Crippen LogP contribution in [0.4, 0.5) is 0 Å².